The zero-order valence-electron chi connectivity index (χ0n) is 12.5. The Morgan fingerprint density at radius 1 is 1.32 bits per heavy atom. The number of fused-ring (bicyclic) bond motifs is 1. The zero-order valence-corrected chi connectivity index (χ0v) is 12.5. The van der Waals surface area contributed by atoms with E-state index < -0.39 is 5.97 Å². The third-order valence-electron chi connectivity index (χ3n) is 4.26. The van der Waals surface area contributed by atoms with Gasteiger partial charge in [-0.15, -0.1) is 0 Å². The Labute approximate surface area is 128 Å². The molecule has 0 spiro atoms. The van der Waals surface area contributed by atoms with E-state index in [1.807, 2.05) is 29.7 Å². The molecule has 0 aromatic carbocycles. The number of carbonyl (C=O) groups excluding carboxylic acids is 1. The zero-order chi connectivity index (χ0) is 15.7. The van der Waals surface area contributed by atoms with E-state index in [9.17, 15) is 9.59 Å². The number of hydrogen-bond acceptors (Lipinski definition) is 3. The topological polar surface area (TPSA) is 83.7 Å². The molecule has 3 rings (SSSR count). The molecule has 6 heteroatoms. The minimum absolute atomic E-state index is 0.0367. The summed E-state index contributed by atoms with van der Waals surface area (Å²) in [6.45, 7) is 1.98. The number of carboxylic acids is 1. The summed E-state index contributed by atoms with van der Waals surface area (Å²) in [5.41, 5.74) is 2.24. The Balaban J connectivity index is 1.65. The van der Waals surface area contributed by atoms with E-state index in [1.165, 1.54) is 0 Å². The number of imidazole rings is 1. The summed E-state index contributed by atoms with van der Waals surface area (Å²) in [5.74, 6) is -1.20. The molecule has 0 saturated heterocycles. The van der Waals surface area contributed by atoms with Crippen LogP contribution in [0.15, 0.2) is 24.5 Å². The van der Waals surface area contributed by atoms with Gasteiger partial charge in [-0.05, 0) is 50.3 Å². The lowest BCUT2D eigenvalue weighted by Gasteiger charge is -2.26. The van der Waals surface area contributed by atoms with Crippen molar-refractivity contribution in [2.45, 2.75) is 38.6 Å². The summed E-state index contributed by atoms with van der Waals surface area (Å²) >= 11 is 0. The lowest BCUT2D eigenvalue weighted by atomic mass is 9.86. The van der Waals surface area contributed by atoms with Crippen LogP contribution in [0.1, 0.15) is 41.7 Å². The molecule has 0 radical (unpaired) electrons. The minimum Gasteiger partial charge on any atom is -0.481 e. The van der Waals surface area contributed by atoms with Crippen LogP contribution in [0.25, 0.3) is 5.65 Å². The summed E-state index contributed by atoms with van der Waals surface area (Å²) in [7, 11) is 0. The molecule has 22 heavy (non-hydrogen) atoms. The molecule has 0 atom stereocenters. The predicted molar refractivity (Wildman–Crippen MR) is 80.8 cm³/mol. The molecule has 2 aromatic heterocycles. The van der Waals surface area contributed by atoms with Crippen LogP contribution in [0.5, 0.6) is 0 Å². The molecule has 1 saturated carbocycles. The Morgan fingerprint density at radius 2 is 2.05 bits per heavy atom. The molecule has 0 bridgehead atoms. The van der Waals surface area contributed by atoms with Crippen LogP contribution in [-0.4, -0.2) is 32.4 Å². The van der Waals surface area contributed by atoms with E-state index >= 15 is 0 Å². The fourth-order valence-electron chi connectivity index (χ4n) is 2.94. The highest BCUT2D eigenvalue weighted by molar-refractivity contribution is 5.93. The van der Waals surface area contributed by atoms with Crippen LogP contribution >= 0.6 is 0 Å². The number of carboxylic acid groups (broad SMARTS) is 1. The molecule has 2 heterocycles. The van der Waals surface area contributed by atoms with E-state index in [1.54, 1.807) is 6.20 Å². The van der Waals surface area contributed by atoms with Gasteiger partial charge in [0.05, 0.1) is 5.92 Å². The lowest BCUT2D eigenvalue weighted by molar-refractivity contribution is -0.142. The Kier molecular flexibility index (Phi) is 3.83. The second-order valence-corrected chi connectivity index (χ2v) is 5.96. The molecule has 6 nitrogen and oxygen atoms in total. The van der Waals surface area contributed by atoms with Crippen LogP contribution in [-0.2, 0) is 4.79 Å². The average Bonchev–Trinajstić information content (AvgIpc) is 2.91. The van der Waals surface area contributed by atoms with E-state index in [-0.39, 0.29) is 17.9 Å². The third-order valence-corrected chi connectivity index (χ3v) is 4.26. The summed E-state index contributed by atoms with van der Waals surface area (Å²) in [4.78, 5) is 27.6. The van der Waals surface area contributed by atoms with Crippen molar-refractivity contribution in [3.05, 3.63) is 35.8 Å². The molecule has 2 aromatic rings. The Bertz CT molecular complexity index is 714. The second-order valence-electron chi connectivity index (χ2n) is 5.96. The lowest BCUT2D eigenvalue weighted by Crippen LogP contribution is -2.38. The predicted octanol–water partition coefficient (Wildman–Crippen LogP) is 2.02. The van der Waals surface area contributed by atoms with Crippen molar-refractivity contribution < 1.29 is 14.7 Å². The molecule has 0 unspecified atom stereocenters. The third kappa shape index (κ3) is 2.95. The van der Waals surface area contributed by atoms with Crippen molar-refractivity contribution >= 4 is 17.5 Å². The number of nitrogens with one attached hydrogen (secondary N) is 1. The maximum atomic E-state index is 12.3. The van der Waals surface area contributed by atoms with Gasteiger partial charge in [0.1, 0.15) is 11.3 Å². The van der Waals surface area contributed by atoms with Gasteiger partial charge in [-0.3, -0.25) is 9.59 Å². The molecule has 116 valence electrons. The summed E-state index contributed by atoms with van der Waals surface area (Å²) in [6, 6.07) is 3.92. The van der Waals surface area contributed by atoms with E-state index in [2.05, 4.69) is 10.3 Å². The fourth-order valence-corrected chi connectivity index (χ4v) is 2.94. The van der Waals surface area contributed by atoms with Crippen LogP contribution in [0.2, 0.25) is 0 Å². The van der Waals surface area contributed by atoms with Crippen molar-refractivity contribution in [3.8, 4) is 0 Å². The van der Waals surface area contributed by atoms with Gasteiger partial charge in [0.15, 0.2) is 0 Å². The smallest absolute Gasteiger partial charge is 0.306 e. The van der Waals surface area contributed by atoms with Gasteiger partial charge in [0, 0.05) is 18.4 Å². The molecule has 0 aliphatic heterocycles. The maximum absolute atomic E-state index is 12.3. The number of rotatable bonds is 3. The number of carbonyl (C=O) groups is 2. The first-order valence-electron chi connectivity index (χ1n) is 7.52. The molecule has 1 aliphatic rings. The summed E-state index contributed by atoms with van der Waals surface area (Å²) in [5, 5.41) is 11.9. The highest BCUT2D eigenvalue weighted by Crippen LogP contribution is 2.24. The number of hydrogen-bond donors (Lipinski definition) is 2. The van der Waals surface area contributed by atoms with E-state index in [0.717, 1.165) is 11.2 Å². The molecule has 1 fully saturated rings. The normalized spacial score (nSPS) is 21.7. The van der Waals surface area contributed by atoms with Crippen molar-refractivity contribution in [2.24, 2.45) is 5.92 Å². The van der Waals surface area contributed by atoms with E-state index in [0.29, 0.717) is 31.4 Å². The minimum atomic E-state index is -0.736. The summed E-state index contributed by atoms with van der Waals surface area (Å²) < 4.78 is 1.82. The molecule has 2 N–H and O–H groups in total. The summed E-state index contributed by atoms with van der Waals surface area (Å²) in [6.07, 6.45) is 6.24. The Hall–Kier alpha value is -2.37. The SMILES string of the molecule is Cc1ccn2cc(C(=O)NC3CCC(C(=O)O)CC3)nc2c1. The second kappa shape index (κ2) is 5.79. The first-order chi connectivity index (χ1) is 10.5. The number of pyridine rings is 1. The van der Waals surface area contributed by atoms with E-state index in [4.69, 9.17) is 5.11 Å². The van der Waals surface area contributed by atoms with Gasteiger partial charge in [0.25, 0.3) is 5.91 Å². The van der Waals surface area contributed by atoms with Crippen molar-refractivity contribution in [2.75, 3.05) is 0 Å². The first-order valence-corrected chi connectivity index (χ1v) is 7.52. The van der Waals surface area contributed by atoms with Crippen molar-refractivity contribution in [1.82, 2.24) is 14.7 Å². The number of aryl methyl sites for hydroxylation is 1. The van der Waals surface area contributed by atoms with Crippen LogP contribution in [0.3, 0.4) is 0 Å². The monoisotopic (exact) mass is 301 g/mol. The van der Waals surface area contributed by atoms with Gasteiger partial charge in [-0.25, -0.2) is 4.98 Å². The molecular weight excluding hydrogens is 282 g/mol. The fraction of sp³-hybridized carbons (Fsp3) is 0.438. The van der Waals surface area contributed by atoms with Crippen LogP contribution in [0.4, 0.5) is 0 Å². The molecule has 1 aliphatic carbocycles. The van der Waals surface area contributed by atoms with Gasteiger partial charge in [-0.2, -0.15) is 0 Å². The number of nitrogens with zero attached hydrogens (tertiary/aromatic N) is 2. The average molecular weight is 301 g/mol. The highest BCUT2D eigenvalue weighted by Gasteiger charge is 2.27. The quantitative estimate of drug-likeness (QED) is 0.908. The highest BCUT2D eigenvalue weighted by atomic mass is 16.4. The standard InChI is InChI=1S/C16H19N3O3/c1-10-6-7-19-9-13(18-14(19)8-10)15(20)17-12-4-2-11(3-5-12)16(21)22/h6-9,11-12H,2-5H2,1H3,(H,17,20)(H,21,22). The number of aliphatic carboxylic acids is 1. The van der Waals surface area contributed by atoms with Crippen molar-refractivity contribution in [1.29, 1.82) is 0 Å². The van der Waals surface area contributed by atoms with Crippen molar-refractivity contribution in [3.63, 3.8) is 0 Å². The molecular formula is C16H19N3O3. The van der Waals surface area contributed by atoms with Crippen LogP contribution < -0.4 is 5.32 Å². The Morgan fingerprint density at radius 3 is 2.73 bits per heavy atom. The molecule has 1 amide bonds. The maximum Gasteiger partial charge on any atom is 0.306 e. The van der Waals surface area contributed by atoms with Gasteiger partial charge < -0.3 is 14.8 Å². The van der Waals surface area contributed by atoms with Crippen LogP contribution in [0, 0.1) is 12.8 Å². The van der Waals surface area contributed by atoms with Gasteiger partial charge in [-0.1, -0.05) is 0 Å². The largest absolute Gasteiger partial charge is 0.481 e. The number of amides is 1. The first kappa shape index (κ1) is 14.6. The van der Waals surface area contributed by atoms with Gasteiger partial charge in [0.2, 0.25) is 0 Å². The van der Waals surface area contributed by atoms with Gasteiger partial charge >= 0.3 is 5.97 Å². The number of aromatic nitrogens is 2.